The monoisotopic (exact) mass is 221 g/mol. The molecule has 0 spiro atoms. The minimum atomic E-state index is -2.49. The Hall–Kier alpha value is -0.510. The highest BCUT2D eigenvalue weighted by Gasteiger charge is 2.08. The quantitative estimate of drug-likeness (QED) is 0.665. The van der Waals surface area contributed by atoms with Crippen LogP contribution < -0.4 is 0 Å². The number of pyridine rings is 1. The first-order chi connectivity index (χ1) is 5.09. The number of aryl methyl sites for hydroxylation is 1. The predicted molar refractivity (Wildman–Crippen MR) is 41.6 cm³/mol. The van der Waals surface area contributed by atoms with Crippen LogP contribution in [0.15, 0.2) is 16.7 Å². The summed E-state index contributed by atoms with van der Waals surface area (Å²) in [5.41, 5.74) is 0.596. The standard InChI is InChI=1S/C7H6BrF2N/c1-4-2-5(7(9)10)11-6(8)3-4/h2-3,7H,1H3. The lowest BCUT2D eigenvalue weighted by atomic mass is 10.2. The molecule has 0 amide bonds. The minimum absolute atomic E-state index is 0.183. The minimum Gasteiger partial charge on any atom is -0.240 e. The Kier molecular flexibility index (Phi) is 2.54. The van der Waals surface area contributed by atoms with Gasteiger partial charge >= 0.3 is 0 Å². The van der Waals surface area contributed by atoms with Crippen molar-refractivity contribution in [2.45, 2.75) is 13.3 Å². The van der Waals surface area contributed by atoms with Crippen LogP contribution in [-0.2, 0) is 0 Å². The third-order valence-electron chi connectivity index (χ3n) is 1.18. The highest BCUT2D eigenvalue weighted by molar-refractivity contribution is 9.10. The van der Waals surface area contributed by atoms with Crippen molar-refractivity contribution >= 4 is 15.9 Å². The summed E-state index contributed by atoms with van der Waals surface area (Å²) in [5, 5.41) is 0. The summed E-state index contributed by atoms with van der Waals surface area (Å²) in [4.78, 5) is 3.60. The topological polar surface area (TPSA) is 12.9 Å². The van der Waals surface area contributed by atoms with E-state index in [0.29, 0.717) is 4.60 Å². The molecule has 0 unspecified atom stereocenters. The van der Waals surface area contributed by atoms with Gasteiger partial charge in [0.25, 0.3) is 6.43 Å². The smallest absolute Gasteiger partial charge is 0.240 e. The molecule has 60 valence electrons. The molecule has 1 nitrogen and oxygen atoms in total. The number of aromatic nitrogens is 1. The fourth-order valence-electron chi connectivity index (χ4n) is 0.762. The lowest BCUT2D eigenvalue weighted by molar-refractivity contribution is 0.146. The van der Waals surface area contributed by atoms with Gasteiger partial charge in [-0.3, -0.25) is 0 Å². The molecule has 4 heteroatoms. The van der Waals surface area contributed by atoms with Gasteiger partial charge in [-0.25, -0.2) is 13.8 Å². The van der Waals surface area contributed by atoms with Gasteiger partial charge in [-0.15, -0.1) is 0 Å². The van der Waals surface area contributed by atoms with E-state index in [0.717, 1.165) is 5.56 Å². The Morgan fingerprint density at radius 2 is 2.09 bits per heavy atom. The first-order valence-corrected chi connectivity index (χ1v) is 3.81. The fraction of sp³-hybridized carbons (Fsp3) is 0.286. The highest BCUT2D eigenvalue weighted by Crippen LogP contribution is 2.19. The van der Waals surface area contributed by atoms with Crippen molar-refractivity contribution in [3.05, 3.63) is 28.0 Å². The Labute approximate surface area is 71.6 Å². The number of hydrogen-bond acceptors (Lipinski definition) is 1. The Bertz CT molecular complexity index is 242. The number of halogens is 3. The molecule has 0 bridgehead atoms. The van der Waals surface area contributed by atoms with Crippen LogP contribution in [0.4, 0.5) is 8.78 Å². The molecule has 1 aromatic rings. The summed E-state index contributed by atoms with van der Waals surface area (Å²) < 4.78 is 24.5. The average molecular weight is 222 g/mol. The Morgan fingerprint density at radius 1 is 1.45 bits per heavy atom. The first-order valence-electron chi connectivity index (χ1n) is 3.02. The zero-order chi connectivity index (χ0) is 8.43. The predicted octanol–water partition coefficient (Wildman–Crippen LogP) is 3.09. The van der Waals surface area contributed by atoms with E-state index in [1.54, 1.807) is 13.0 Å². The van der Waals surface area contributed by atoms with Gasteiger partial charge < -0.3 is 0 Å². The fourth-order valence-corrected chi connectivity index (χ4v) is 1.33. The van der Waals surface area contributed by atoms with E-state index in [1.807, 2.05) is 0 Å². The zero-order valence-corrected chi connectivity index (χ0v) is 7.40. The molecule has 0 N–H and O–H groups in total. The summed E-state index contributed by atoms with van der Waals surface area (Å²) in [5.74, 6) is 0. The number of rotatable bonds is 1. The van der Waals surface area contributed by atoms with E-state index in [4.69, 9.17) is 0 Å². The van der Waals surface area contributed by atoms with Crippen LogP contribution in [0.25, 0.3) is 0 Å². The van der Waals surface area contributed by atoms with E-state index in [2.05, 4.69) is 20.9 Å². The molecule has 0 saturated carbocycles. The van der Waals surface area contributed by atoms with Gasteiger partial charge in [0.15, 0.2) is 0 Å². The van der Waals surface area contributed by atoms with Gasteiger partial charge in [-0.2, -0.15) is 0 Å². The second-order valence-electron chi connectivity index (χ2n) is 2.19. The second kappa shape index (κ2) is 3.26. The molecule has 0 saturated heterocycles. The largest absolute Gasteiger partial charge is 0.280 e. The first kappa shape index (κ1) is 8.59. The van der Waals surface area contributed by atoms with E-state index in [-0.39, 0.29) is 5.69 Å². The van der Waals surface area contributed by atoms with Crippen molar-refractivity contribution in [2.75, 3.05) is 0 Å². The molecular weight excluding hydrogens is 216 g/mol. The van der Waals surface area contributed by atoms with E-state index in [1.165, 1.54) is 6.07 Å². The van der Waals surface area contributed by atoms with Crippen molar-refractivity contribution in [1.29, 1.82) is 0 Å². The van der Waals surface area contributed by atoms with Gasteiger partial charge in [0, 0.05) is 0 Å². The maximum absolute atomic E-state index is 12.0. The number of alkyl halides is 2. The van der Waals surface area contributed by atoms with E-state index < -0.39 is 6.43 Å². The number of nitrogens with zero attached hydrogens (tertiary/aromatic N) is 1. The molecular formula is C7H6BrF2N. The van der Waals surface area contributed by atoms with Crippen LogP contribution in [0.2, 0.25) is 0 Å². The van der Waals surface area contributed by atoms with E-state index >= 15 is 0 Å². The third-order valence-corrected chi connectivity index (χ3v) is 1.59. The molecule has 0 fully saturated rings. The average Bonchev–Trinajstić information content (AvgIpc) is 1.85. The molecule has 1 aromatic heterocycles. The molecule has 0 atom stereocenters. The molecule has 0 radical (unpaired) electrons. The van der Waals surface area contributed by atoms with Crippen molar-refractivity contribution < 1.29 is 8.78 Å². The maximum Gasteiger partial charge on any atom is 0.280 e. The van der Waals surface area contributed by atoms with Crippen LogP contribution in [0.3, 0.4) is 0 Å². The Balaban J connectivity index is 3.08. The SMILES string of the molecule is Cc1cc(Br)nc(C(F)F)c1. The molecule has 0 aliphatic heterocycles. The van der Waals surface area contributed by atoms with Gasteiger partial charge in [-0.05, 0) is 40.5 Å². The van der Waals surface area contributed by atoms with Gasteiger partial charge in [0.05, 0.1) is 0 Å². The summed E-state index contributed by atoms with van der Waals surface area (Å²) in [6.45, 7) is 1.75. The zero-order valence-electron chi connectivity index (χ0n) is 5.81. The Morgan fingerprint density at radius 3 is 2.55 bits per heavy atom. The van der Waals surface area contributed by atoms with Crippen LogP contribution in [-0.4, -0.2) is 4.98 Å². The maximum atomic E-state index is 12.0. The van der Waals surface area contributed by atoms with Gasteiger partial charge in [0.2, 0.25) is 0 Å². The molecule has 0 aliphatic carbocycles. The van der Waals surface area contributed by atoms with Gasteiger partial charge in [-0.1, -0.05) is 0 Å². The molecule has 11 heavy (non-hydrogen) atoms. The molecule has 0 aliphatic rings. The van der Waals surface area contributed by atoms with Gasteiger partial charge in [0.1, 0.15) is 10.3 Å². The van der Waals surface area contributed by atoms with Crippen LogP contribution in [0, 0.1) is 6.92 Å². The van der Waals surface area contributed by atoms with Crippen molar-refractivity contribution in [3.63, 3.8) is 0 Å². The van der Waals surface area contributed by atoms with Crippen LogP contribution in [0.5, 0.6) is 0 Å². The normalized spacial score (nSPS) is 10.6. The highest BCUT2D eigenvalue weighted by atomic mass is 79.9. The van der Waals surface area contributed by atoms with Crippen LogP contribution >= 0.6 is 15.9 Å². The van der Waals surface area contributed by atoms with Crippen LogP contribution in [0.1, 0.15) is 17.7 Å². The summed E-state index contributed by atoms with van der Waals surface area (Å²) in [6.07, 6.45) is -2.49. The second-order valence-corrected chi connectivity index (χ2v) is 3.01. The summed E-state index contributed by atoms with van der Waals surface area (Å²) in [6, 6.07) is 3.06. The third kappa shape index (κ3) is 2.22. The summed E-state index contributed by atoms with van der Waals surface area (Å²) in [7, 11) is 0. The summed E-state index contributed by atoms with van der Waals surface area (Å²) >= 11 is 3.04. The lowest BCUT2D eigenvalue weighted by Gasteiger charge is -2.00. The molecule has 1 heterocycles. The molecule has 0 aromatic carbocycles. The van der Waals surface area contributed by atoms with Crippen molar-refractivity contribution in [2.24, 2.45) is 0 Å². The molecule has 1 rings (SSSR count). The van der Waals surface area contributed by atoms with Crippen molar-refractivity contribution in [1.82, 2.24) is 4.98 Å². The van der Waals surface area contributed by atoms with Crippen molar-refractivity contribution in [3.8, 4) is 0 Å². The lowest BCUT2D eigenvalue weighted by Crippen LogP contribution is -1.91. The van der Waals surface area contributed by atoms with E-state index in [9.17, 15) is 8.78 Å². The number of hydrogen-bond donors (Lipinski definition) is 0.